The first-order valence-corrected chi connectivity index (χ1v) is 9.74. The van der Waals surface area contributed by atoms with E-state index >= 15 is 0 Å². The number of benzene rings is 1. The van der Waals surface area contributed by atoms with Crippen molar-refractivity contribution in [2.75, 3.05) is 24.3 Å². The smallest absolute Gasteiger partial charge is 0.251 e. The fraction of sp³-hybridized carbons (Fsp3) is 0.450. The van der Waals surface area contributed by atoms with E-state index in [1.54, 1.807) is 0 Å². The van der Waals surface area contributed by atoms with E-state index < -0.39 is 5.82 Å². The molecule has 1 aromatic carbocycles. The fourth-order valence-corrected chi connectivity index (χ4v) is 3.62. The van der Waals surface area contributed by atoms with Gasteiger partial charge in [-0.2, -0.15) is 0 Å². The van der Waals surface area contributed by atoms with Crippen LogP contribution in [0.1, 0.15) is 41.9 Å². The first kappa shape index (κ1) is 20.3. The highest BCUT2D eigenvalue weighted by molar-refractivity contribution is 6.31. The summed E-state index contributed by atoms with van der Waals surface area (Å²) in [4.78, 5) is 23.2. The zero-order chi connectivity index (χ0) is 20.3. The van der Waals surface area contributed by atoms with Crippen molar-refractivity contribution in [2.45, 2.75) is 44.7 Å². The number of aromatic nitrogens is 2. The highest BCUT2D eigenvalue weighted by Gasteiger charge is 2.23. The molecule has 28 heavy (non-hydrogen) atoms. The number of carbonyl (C=O) groups excluding carboxylic acids is 1. The molecule has 0 saturated heterocycles. The molecule has 1 amide bonds. The van der Waals surface area contributed by atoms with Crippen LogP contribution in [0, 0.1) is 12.7 Å². The number of rotatable bonds is 5. The van der Waals surface area contributed by atoms with E-state index in [2.05, 4.69) is 20.6 Å². The molecule has 1 fully saturated rings. The second-order valence-electron chi connectivity index (χ2n) is 7.38. The Morgan fingerprint density at radius 1 is 1.11 bits per heavy atom. The second kappa shape index (κ2) is 8.73. The van der Waals surface area contributed by atoms with Crippen LogP contribution in [0.5, 0.6) is 0 Å². The van der Waals surface area contributed by atoms with Crippen LogP contribution in [0.4, 0.5) is 16.0 Å². The third-order valence-electron chi connectivity index (χ3n) is 4.82. The zero-order valence-electron chi connectivity index (χ0n) is 16.3. The Morgan fingerprint density at radius 3 is 2.43 bits per heavy atom. The lowest BCUT2D eigenvalue weighted by molar-refractivity contribution is 0.0926. The Balaban J connectivity index is 1.54. The normalized spacial score (nSPS) is 19.2. The Labute approximate surface area is 169 Å². The number of amides is 1. The molecule has 3 rings (SSSR count). The van der Waals surface area contributed by atoms with Crippen molar-refractivity contribution in [3.63, 3.8) is 0 Å². The summed E-state index contributed by atoms with van der Waals surface area (Å²) < 4.78 is 13.4. The molecule has 1 aromatic heterocycles. The molecule has 2 N–H and O–H groups in total. The maximum Gasteiger partial charge on any atom is 0.251 e. The molecule has 1 heterocycles. The molecule has 0 aliphatic heterocycles. The lowest BCUT2D eigenvalue weighted by Crippen LogP contribution is -2.40. The number of nitrogens with zero attached hydrogens (tertiary/aromatic N) is 3. The van der Waals surface area contributed by atoms with Crippen LogP contribution < -0.4 is 15.5 Å². The predicted octanol–water partition coefficient (Wildman–Crippen LogP) is 3.80. The van der Waals surface area contributed by atoms with Crippen LogP contribution in [0.2, 0.25) is 5.02 Å². The van der Waals surface area contributed by atoms with Crippen LogP contribution in [0.15, 0.2) is 24.3 Å². The van der Waals surface area contributed by atoms with Crippen molar-refractivity contribution in [3.8, 4) is 0 Å². The van der Waals surface area contributed by atoms with Crippen LogP contribution in [-0.2, 0) is 0 Å². The number of nitrogens with one attached hydrogen (secondary N) is 2. The van der Waals surface area contributed by atoms with Crippen LogP contribution in [-0.4, -0.2) is 42.1 Å². The van der Waals surface area contributed by atoms with Gasteiger partial charge < -0.3 is 15.5 Å². The van der Waals surface area contributed by atoms with E-state index in [0.29, 0.717) is 6.04 Å². The molecule has 0 bridgehead atoms. The van der Waals surface area contributed by atoms with E-state index in [1.807, 2.05) is 32.0 Å². The van der Waals surface area contributed by atoms with Crippen molar-refractivity contribution >= 4 is 29.1 Å². The number of hydrogen-bond acceptors (Lipinski definition) is 5. The molecule has 0 radical (unpaired) electrons. The molecule has 0 unspecified atom stereocenters. The van der Waals surface area contributed by atoms with E-state index in [4.69, 9.17) is 11.6 Å². The van der Waals surface area contributed by atoms with E-state index in [0.717, 1.165) is 43.1 Å². The SMILES string of the molecule is Cc1nc(N[C@H]2CC[C@@H](NC(=O)c3cc(F)cc(Cl)c3)CC2)cc(N(C)C)n1. The van der Waals surface area contributed by atoms with Gasteiger partial charge in [-0.1, -0.05) is 11.6 Å². The van der Waals surface area contributed by atoms with Gasteiger partial charge in [0, 0.05) is 42.8 Å². The highest BCUT2D eigenvalue weighted by atomic mass is 35.5. The van der Waals surface area contributed by atoms with Gasteiger partial charge >= 0.3 is 0 Å². The fourth-order valence-electron chi connectivity index (χ4n) is 3.40. The molecule has 6 nitrogen and oxygen atoms in total. The summed E-state index contributed by atoms with van der Waals surface area (Å²) in [6.07, 6.45) is 3.51. The maximum atomic E-state index is 13.4. The summed E-state index contributed by atoms with van der Waals surface area (Å²) in [6.45, 7) is 1.88. The Hall–Kier alpha value is -2.41. The second-order valence-corrected chi connectivity index (χ2v) is 7.81. The molecule has 1 aliphatic rings. The third-order valence-corrected chi connectivity index (χ3v) is 5.04. The van der Waals surface area contributed by atoms with Gasteiger partial charge in [0.25, 0.3) is 5.91 Å². The van der Waals surface area contributed by atoms with E-state index in [1.165, 1.54) is 18.2 Å². The third kappa shape index (κ3) is 5.32. The van der Waals surface area contributed by atoms with Crippen molar-refractivity contribution in [1.29, 1.82) is 0 Å². The first-order chi connectivity index (χ1) is 13.3. The summed E-state index contributed by atoms with van der Waals surface area (Å²) in [5.41, 5.74) is 0.248. The van der Waals surface area contributed by atoms with Crippen molar-refractivity contribution < 1.29 is 9.18 Å². The van der Waals surface area contributed by atoms with Crippen molar-refractivity contribution in [2.24, 2.45) is 0 Å². The standard InChI is InChI=1S/C20H25ClFN5O/c1-12-23-18(11-19(24-12)27(2)3)25-16-4-6-17(7-5-16)26-20(28)13-8-14(21)10-15(22)9-13/h8-11,16-17H,4-7H2,1-3H3,(H,26,28)(H,23,24,25)/t16-,17+. The van der Waals surface area contributed by atoms with Crippen molar-refractivity contribution in [3.05, 3.63) is 46.5 Å². The molecule has 2 aromatic rings. The number of aryl methyl sites for hydroxylation is 1. The highest BCUT2D eigenvalue weighted by Crippen LogP contribution is 2.24. The minimum absolute atomic E-state index is 0.0667. The topological polar surface area (TPSA) is 70.2 Å². The Bertz CT molecular complexity index is 832. The zero-order valence-corrected chi connectivity index (χ0v) is 17.1. The summed E-state index contributed by atoms with van der Waals surface area (Å²) >= 11 is 5.83. The van der Waals surface area contributed by atoms with Gasteiger partial charge in [-0.15, -0.1) is 0 Å². The van der Waals surface area contributed by atoms with Gasteiger partial charge in [-0.25, -0.2) is 14.4 Å². The molecule has 0 atom stereocenters. The summed E-state index contributed by atoms with van der Waals surface area (Å²) in [5.74, 6) is 1.61. The van der Waals surface area contributed by atoms with Gasteiger partial charge in [0.2, 0.25) is 0 Å². The summed E-state index contributed by atoms with van der Waals surface area (Å²) in [6, 6.07) is 6.17. The first-order valence-electron chi connectivity index (χ1n) is 9.36. The number of carbonyl (C=O) groups is 1. The number of halogens is 2. The van der Waals surface area contributed by atoms with Gasteiger partial charge in [-0.3, -0.25) is 4.79 Å². The monoisotopic (exact) mass is 405 g/mol. The number of anilines is 2. The molecular formula is C20H25ClFN5O. The van der Waals surface area contributed by atoms with Crippen LogP contribution >= 0.6 is 11.6 Å². The van der Waals surface area contributed by atoms with Crippen LogP contribution in [0.25, 0.3) is 0 Å². The lowest BCUT2D eigenvalue weighted by Gasteiger charge is -2.30. The van der Waals surface area contributed by atoms with Gasteiger partial charge in [0.05, 0.1) is 0 Å². The number of hydrogen-bond donors (Lipinski definition) is 2. The van der Waals surface area contributed by atoms with Gasteiger partial charge in [0.1, 0.15) is 23.3 Å². The Morgan fingerprint density at radius 2 is 1.79 bits per heavy atom. The minimum Gasteiger partial charge on any atom is -0.367 e. The van der Waals surface area contributed by atoms with Gasteiger partial charge in [0.15, 0.2) is 0 Å². The van der Waals surface area contributed by atoms with Crippen molar-refractivity contribution in [1.82, 2.24) is 15.3 Å². The molecule has 0 spiro atoms. The summed E-state index contributed by atoms with van der Waals surface area (Å²) in [5, 5.41) is 6.68. The predicted molar refractivity (Wildman–Crippen MR) is 110 cm³/mol. The molecule has 8 heteroatoms. The average molecular weight is 406 g/mol. The largest absolute Gasteiger partial charge is 0.367 e. The van der Waals surface area contributed by atoms with E-state index in [-0.39, 0.29) is 22.5 Å². The molecular weight excluding hydrogens is 381 g/mol. The van der Waals surface area contributed by atoms with Crippen LogP contribution in [0.3, 0.4) is 0 Å². The lowest BCUT2D eigenvalue weighted by atomic mass is 9.91. The van der Waals surface area contributed by atoms with E-state index in [9.17, 15) is 9.18 Å². The molecule has 1 aliphatic carbocycles. The Kier molecular flexibility index (Phi) is 6.34. The minimum atomic E-state index is -0.511. The molecule has 150 valence electrons. The quantitative estimate of drug-likeness (QED) is 0.791. The maximum absolute atomic E-state index is 13.4. The molecule has 1 saturated carbocycles. The average Bonchev–Trinajstić information content (AvgIpc) is 2.62. The summed E-state index contributed by atoms with van der Waals surface area (Å²) in [7, 11) is 3.90. The van der Waals surface area contributed by atoms with Gasteiger partial charge in [-0.05, 0) is 50.8 Å².